The first-order valence-electron chi connectivity index (χ1n) is 8.64. The summed E-state index contributed by atoms with van der Waals surface area (Å²) in [5.74, 6) is 0.453. The minimum absolute atomic E-state index is 0.0717. The standard InChI is InChI=1S/C19H20N4O3/c1-20-18-16-9-8-15(23(16)22-12-21-18)17-10-7-14(26-17)11-25-19(24)13-5-3-2-4-6-13/h2-6,8-9,12,14,17H,7,10-11H2,1H3,(H,20,21,22)/t14-,17+/m0/s1. The molecule has 2 aromatic heterocycles. The fourth-order valence-electron chi connectivity index (χ4n) is 3.26. The number of aromatic nitrogens is 3. The molecule has 1 fully saturated rings. The largest absolute Gasteiger partial charge is 0.459 e. The molecule has 1 saturated heterocycles. The summed E-state index contributed by atoms with van der Waals surface area (Å²) in [5, 5.41) is 7.39. The number of carbonyl (C=O) groups is 1. The van der Waals surface area contributed by atoms with Crippen LogP contribution in [0.3, 0.4) is 0 Å². The number of rotatable bonds is 5. The SMILES string of the molecule is CNc1ncnn2c([C@H]3CC[C@@H](COC(=O)c4ccccc4)O3)ccc12. The predicted molar refractivity (Wildman–Crippen MR) is 96.1 cm³/mol. The number of nitrogens with one attached hydrogen (secondary N) is 1. The van der Waals surface area contributed by atoms with E-state index in [0.29, 0.717) is 5.56 Å². The van der Waals surface area contributed by atoms with E-state index in [1.165, 1.54) is 6.33 Å². The number of carbonyl (C=O) groups excluding carboxylic acids is 1. The summed E-state index contributed by atoms with van der Waals surface area (Å²) in [6.07, 6.45) is 3.04. The fourth-order valence-corrected chi connectivity index (χ4v) is 3.26. The van der Waals surface area contributed by atoms with Gasteiger partial charge in [-0.05, 0) is 37.1 Å². The maximum Gasteiger partial charge on any atom is 0.338 e. The Labute approximate surface area is 151 Å². The number of fused-ring (bicyclic) bond motifs is 1. The molecule has 0 saturated carbocycles. The molecule has 0 bridgehead atoms. The number of hydrogen-bond acceptors (Lipinski definition) is 6. The molecular formula is C19H20N4O3. The summed E-state index contributed by atoms with van der Waals surface area (Å²) in [5.41, 5.74) is 2.44. The molecule has 0 amide bonds. The summed E-state index contributed by atoms with van der Waals surface area (Å²) in [4.78, 5) is 16.3. The Morgan fingerprint density at radius 1 is 1.27 bits per heavy atom. The first kappa shape index (κ1) is 16.5. The van der Waals surface area contributed by atoms with Crippen LogP contribution in [0.15, 0.2) is 48.8 Å². The third-order valence-electron chi connectivity index (χ3n) is 4.57. The highest BCUT2D eigenvalue weighted by Crippen LogP contribution is 2.34. The van der Waals surface area contributed by atoms with Crippen LogP contribution in [0.25, 0.3) is 5.52 Å². The van der Waals surface area contributed by atoms with Crippen LogP contribution in [-0.2, 0) is 9.47 Å². The molecule has 7 heteroatoms. The van der Waals surface area contributed by atoms with Gasteiger partial charge in [0, 0.05) is 7.05 Å². The molecule has 3 aromatic rings. The van der Waals surface area contributed by atoms with E-state index >= 15 is 0 Å². The van der Waals surface area contributed by atoms with Crippen molar-refractivity contribution in [1.29, 1.82) is 0 Å². The zero-order valence-corrected chi connectivity index (χ0v) is 14.5. The molecule has 0 unspecified atom stereocenters. The Morgan fingerprint density at radius 3 is 2.92 bits per heavy atom. The molecule has 3 heterocycles. The van der Waals surface area contributed by atoms with Gasteiger partial charge < -0.3 is 14.8 Å². The van der Waals surface area contributed by atoms with Crippen molar-refractivity contribution in [1.82, 2.24) is 14.6 Å². The Balaban J connectivity index is 1.40. The van der Waals surface area contributed by atoms with Gasteiger partial charge in [-0.3, -0.25) is 0 Å². The van der Waals surface area contributed by atoms with E-state index in [2.05, 4.69) is 15.4 Å². The first-order chi connectivity index (χ1) is 12.8. The zero-order valence-electron chi connectivity index (χ0n) is 14.5. The first-order valence-corrected chi connectivity index (χ1v) is 8.64. The van der Waals surface area contributed by atoms with Gasteiger partial charge in [-0.25, -0.2) is 14.3 Å². The highest BCUT2D eigenvalue weighted by Gasteiger charge is 2.30. The molecule has 26 heavy (non-hydrogen) atoms. The van der Waals surface area contributed by atoms with Gasteiger partial charge in [0.05, 0.1) is 17.4 Å². The third-order valence-corrected chi connectivity index (χ3v) is 4.57. The van der Waals surface area contributed by atoms with Crippen LogP contribution in [-0.4, -0.2) is 40.3 Å². The van der Waals surface area contributed by atoms with E-state index in [4.69, 9.17) is 9.47 Å². The number of hydrogen-bond donors (Lipinski definition) is 1. The number of benzene rings is 1. The predicted octanol–water partition coefficient (Wildman–Crippen LogP) is 2.85. The highest BCUT2D eigenvalue weighted by atomic mass is 16.6. The van der Waals surface area contributed by atoms with E-state index in [1.807, 2.05) is 41.9 Å². The average Bonchev–Trinajstić information content (AvgIpc) is 3.33. The van der Waals surface area contributed by atoms with E-state index in [0.717, 1.165) is 29.9 Å². The maximum absolute atomic E-state index is 12.1. The lowest BCUT2D eigenvalue weighted by atomic mass is 10.1. The van der Waals surface area contributed by atoms with Crippen LogP contribution in [0.2, 0.25) is 0 Å². The van der Waals surface area contributed by atoms with Crippen LogP contribution in [0.4, 0.5) is 5.82 Å². The Hall–Kier alpha value is -2.93. The fraction of sp³-hybridized carbons (Fsp3) is 0.316. The normalized spacial score (nSPS) is 19.6. The van der Waals surface area contributed by atoms with E-state index in [1.54, 1.807) is 12.1 Å². The van der Waals surface area contributed by atoms with Crippen molar-refractivity contribution in [2.75, 3.05) is 19.0 Å². The number of nitrogens with zero attached hydrogens (tertiary/aromatic N) is 3. The van der Waals surface area contributed by atoms with Gasteiger partial charge in [0.1, 0.15) is 24.6 Å². The van der Waals surface area contributed by atoms with Crippen LogP contribution in [0.1, 0.15) is 35.0 Å². The average molecular weight is 352 g/mol. The number of esters is 1. The van der Waals surface area contributed by atoms with Crippen molar-refractivity contribution >= 4 is 17.3 Å². The van der Waals surface area contributed by atoms with Gasteiger partial charge in [-0.2, -0.15) is 5.10 Å². The molecule has 0 radical (unpaired) electrons. The summed E-state index contributed by atoms with van der Waals surface area (Å²) >= 11 is 0. The van der Waals surface area contributed by atoms with Gasteiger partial charge in [0.25, 0.3) is 0 Å². The van der Waals surface area contributed by atoms with Gasteiger partial charge in [-0.1, -0.05) is 18.2 Å². The van der Waals surface area contributed by atoms with E-state index < -0.39 is 0 Å². The monoisotopic (exact) mass is 352 g/mol. The van der Waals surface area contributed by atoms with Crippen molar-refractivity contribution in [3.05, 3.63) is 60.0 Å². The Kier molecular flexibility index (Phi) is 4.53. The molecule has 0 spiro atoms. The lowest BCUT2D eigenvalue weighted by molar-refractivity contribution is -0.00967. The molecule has 1 N–H and O–H groups in total. The molecule has 4 rings (SSSR count). The van der Waals surface area contributed by atoms with Crippen molar-refractivity contribution in [3.8, 4) is 0 Å². The summed E-state index contributed by atoms with van der Waals surface area (Å²) in [6.45, 7) is 0.254. The van der Waals surface area contributed by atoms with Crippen molar-refractivity contribution in [2.45, 2.75) is 25.0 Å². The van der Waals surface area contributed by atoms with Crippen LogP contribution < -0.4 is 5.32 Å². The maximum atomic E-state index is 12.1. The zero-order chi connectivity index (χ0) is 17.9. The van der Waals surface area contributed by atoms with Gasteiger partial charge >= 0.3 is 5.97 Å². The number of ether oxygens (including phenoxy) is 2. The van der Waals surface area contributed by atoms with E-state index in [-0.39, 0.29) is 24.8 Å². The second kappa shape index (κ2) is 7.13. The van der Waals surface area contributed by atoms with E-state index in [9.17, 15) is 4.79 Å². The third kappa shape index (κ3) is 3.13. The van der Waals surface area contributed by atoms with Crippen LogP contribution in [0.5, 0.6) is 0 Å². The van der Waals surface area contributed by atoms with Gasteiger partial charge in [0.2, 0.25) is 0 Å². The minimum atomic E-state index is -0.322. The lowest BCUT2D eigenvalue weighted by Crippen LogP contribution is -2.18. The molecule has 0 aliphatic carbocycles. The van der Waals surface area contributed by atoms with Crippen molar-refractivity contribution in [3.63, 3.8) is 0 Å². The van der Waals surface area contributed by atoms with Crippen LogP contribution in [0, 0.1) is 0 Å². The van der Waals surface area contributed by atoms with Crippen LogP contribution >= 0.6 is 0 Å². The second-order valence-corrected chi connectivity index (χ2v) is 6.20. The smallest absolute Gasteiger partial charge is 0.338 e. The summed E-state index contributed by atoms with van der Waals surface area (Å²) < 4.78 is 13.3. The van der Waals surface area contributed by atoms with Gasteiger partial charge in [-0.15, -0.1) is 0 Å². The molecule has 1 aliphatic rings. The molecule has 1 aromatic carbocycles. The molecular weight excluding hydrogens is 332 g/mol. The Morgan fingerprint density at radius 2 is 2.12 bits per heavy atom. The van der Waals surface area contributed by atoms with Crippen molar-refractivity contribution < 1.29 is 14.3 Å². The molecule has 1 aliphatic heterocycles. The topological polar surface area (TPSA) is 77.8 Å². The molecule has 134 valence electrons. The van der Waals surface area contributed by atoms with Gasteiger partial charge in [0.15, 0.2) is 5.82 Å². The number of anilines is 1. The Bertz CT molecular complexity index is 910. The highest BCUT2D eigenvalue weighted by molar-refractivity contribution is 5.89. The lowest BCUT2D eigenvalue weighted by Gasteiger charge is -2.14. The summed E-state index contributed by atoms with van der Waals surface area (Å²) in [6, 6.07) is 13.0. The molecule has 7 nitrogen and oxygen atoms in total. The second-order valence-electron chi connectivity index (χ2n) is 6.20. The summed E-state index contributed by atoms with van der Waals surface area (Å²) in [7, 11) is 1.83. The van der Waals surface area contributed by atoms with Crippen molar-refractivity contribution in [2.24, 2.45) is 0 Å². The molecule has 2 atom stereocenters. The minimum Gasteiger partial charge on any atom is -0.459 e. The quantitative estimate of drug-likeness (QED) is 0.712.